The van der Waals surface area contributed by atoms with E-state index in [0.29, 0.717) is 28.2 Å². The summed E-state index contributed by atoms with van der Waals surface area (Å²) in [5.74, 6) is -0.349. The van der Waals surface area contributed by atoms with Gasteiger partial charge in [-0.25, -0.2) is 18.9 Å². The minimum absolute atomic E-state index is 0.0316. The van der Waals surface area contributed by atoms with Crippen LogP contribution in [-0.4, -0.2) is 60.9 Å². The predicted molar refractivity (Wildman–Crippen MR) is 180 cm³/mol. The molecule has 1 atom stereocenters. The van der Waals surface area contributed by atoms with Crippen LogP contribution in [0.2, 0.25) is 0 Å². The Morgan fingerprint density at radius 2 is 1.77 bits per heavy atom. The second kappa shape index (κ2) is 14.2. The van der Waals surface area contributed by atoms with E-state index in [9.17, 15) is 27.3 Å². The van der Waals surface area contributed by atoms with Gasteiger partial charge in [0.1, 0.15) is 23.1 Å². The lowest BCUT2D eigenvalue weighted by Gasteiger charge is -2.31. The Morgan fingerprint density at radius 1 is 1.02 bits per heavy atom. The van der Waals surface area contributed by atoms with Gasteiger partial charge < -0.3 is 14.7 Å². The van der Waals surface area contributed by atoms with E-state index >= 15 is 0 Å². The number of hydrogen-bond acceptors (Lipinski definition) is 8. The van der Waals surface area contributed by atoms with E-state index < -0.39 is 40.6 Å². The minimum Gasteiger partial charge on any atom is -0.481 e. The van der Waals surface area contributed by atoms with Crippen LogP contribution in [0.15, 0.2) is 59.8 Å². The van der Waals surface area contributed by atoms with E-state index in [2.05, 4.69) is 14.8 Å². The van der Waals surface area contributed by atoms with Gasteiger partial charge >= 0.3 is 12.1 Å². The number of nitrogens with one attached hydrogen (secondary N) is 1. The summed E-state index contributed by atoms with van der Waals surface area (Å²) in [7, 11) is -1.83. The van der Waals surface area contributed by atoms with Crippen LogP contribution in [0.5, 0.6) is 5.88 Å². The van der Waals surface area contributed by atoms with Crippen LogP contribution in [0.25, 0.3) is 16.3 Å². The lowest BCUT2D eigenvalue weighted by molar-refractivity contribution is -0.219. The highest BCUT2D eigenvalue weighted by molar-refractivity contribution is 7.86. The molecule has 0 spiro atoms. The van der Waals surface area contributed by atoms with Crippen LogP contribution in [0, 0.1) is 10.8 Å². The molecule has 0 amide bonds. The zero-order chi connectivity index (χ0) is 34.7. The van der Waals surface area contributed by atoms with Crippen LogP contribution in [0.1, 0.15) is 58.9 Å². The van der Waals surface area contributed by atoms with E-state index in [0.717, 1.165) is 57.1 Å². The number of pyridine rings is 1. The quantitative estimate of drug-likeness (QED) is 0.203. The molecule has 4 aromatic rings. The van der Waals surface area contributed by atoms with E-state index in [1.165, 1.54) is 22.1 Å². The molecule has 4 bridgehead atoms. The number of hydrogen-bond donors (Lipinski definition) is 2. The Morgan fingerprint density at radius 3 is 2.52 bits per heavy atom. The summed E-state index contributed by atoms with van der Waals surface area (Å²) >= 11 is 1.19. The first-order valence-corrected chi connectivity index (χ1v) is 17.6. The summed E-state index contributed by atoms with van der Waals surface area (Å²) in [6.45, 7) is 5.72. The summed E-state index contributed by atoms with van der Waals surface area (Å²) in [5, 5.41) is 15.4. The van der Waals surface area contributed by atoms with E-state index in [1.807, 2.05) is 29.2 Å². The third-order valence-electron chi connectivity index (χ3n) is 8.19. The fourth-order valence-electron chi connectivity index (χ4n) is 5.10. The van der Waals surface area contributed by atoms with Gasteiger partial charge in [-0.2, -0.15) is 13.2 Å². The molecular formula is C33H39F3N6O4S2. The second-order valence-electron chi connectivity index (χ2n) is 13.1. The van der Waals surface area contributed by atoms with E-state index in [-0.39, 0.29) is 17.5 Å². The molecule has 2 N–H and O–H groups in total. The van der Waals surface area contributed by atoms with Crippen molar-refractivity contribution < 1.29 is 32.0 Å². The number of carbonyl (C=O) groups is 1. The maximum Gasteiger partial charge on any atom is 0.397 e. The van der Waals surface area contributed by atoms with Crippen molar-refractivity contribution in [2.45, 2.75) is 71.0 Å². The molecule has 1 aliphatic rings. The molecule has 1 unspecified atom stereocenters. The molecule has 258 valence electrons. The Bertz CT molecular complexity index is 1770. The summed E-state index contributed by atoms with van der Waals surface area (Å²) in [4.78, 5) is 23.4. The van der Waals surface area contributed by atoms with Gasteiger partial charge in [-0.1, -0.05) is 54.5 Å². The average molecular weight is 705 g/mol. The fourth-order valence-corrected chi connectivity index (χ4v) is 6.94. The highest BCUT2D eigenvalue weighted by Crippen LogP contribution is 2.39. The summed E-state index contributed by atoms with van der Waals surface area (Å²) < 4.78 is 63.8. The maximum absolute atomic E-state index is 13.6. The maximum atomic E-state index is 13.6. The first kappa shape index (κ1) is 35.3. The molecule has 0 saturated carbocycles. The number of carboxylic acid groups (broad SMARTS) is 1. The number of aromatic nitrogens is 4. The van der Waals surface area contributed by atoms with Crippen LogP contribution < -0.4 is 14.4 Å². The largest absolute Gasteiger partial charge is 0.481 e. The van der Waals surface area contributed by atoms with Gasteiger partial charge in [0, 0.05) is 30.9 Å². The molecule has 48 heavy (non-hydrogen) atoms. The smallest absolute Gasteiger partial charge is 0.397 e. The minimum atomic E-state index is -4.44. The molecular weight excluding hydrogens is 666 g/mol. The highest BCUT2D eigenvalue weighted by atomic mass is 32.2. The number of ether oxygens (including phenoxy) is 1. The van der Waals surface area contributed by atoms with Gasteiger partial charge in [-0.15, -0.1) is 5.10 Å². The van der Waals surface area contributed by atoms with Gasteiger partial charge in [0.25, 0.3) is 0 Å². The molecule has 4 heterocycles. The monoisotopic (exact) mass is 704 g/mol. The third-order valence-corrected chi connectivity index (χ3v) is 10.3. The number of nitrogens with zero attached hydrogens (tertiary/aromatic N) is 5. The zero-order valence-electron chi connectivity index (χ0n) is 27.2. The number of anilines is 2. The number of aliphatic carboxylic acids is 1. The van der Waals surface area contributed by atoms with Crippen molar-refractivity contribution in [3.05, 3.63) is 60.3 Å². The second-order valence-corrected chi connectivity index (χ2v) is 15.2. The highest BCUT2D eigenvalue weighted by Gasteiger charge is 2.48. The normalized spacial score (nSPS) is 16.5. The van der Waals surface area contributed by atoms with Crippen molar-refractivity contribution in [2.24, 2.45) is 10.8 Å². The Hall–Kier alpha value is -3.98. The molecule has 1 aromatic carbocycles. The van der Waals surface area contributed by atoms with Gasteiger partial charge in [-0.05, 0) is 64.7 Å². The molecule has 0 saturated heterocycles. The number of aryl methyl sites for hydroxylation is 1. The van der Waals surface area contributed by atoms with Crippen molar-refractivity contribution >= 4 is 39.2 Å². The van der Waals surface area contributed by atoms with Crippen molar-refractivity contribution in [3.63, 3.8) is 0 Å². The SMILES string of the molecule is CC(C)(CN1CCCCCCc2ccccc2-c2nc(sc2-n2ccc(OCC(C)(C)C(F)(F)F)n2)NS(=O)c2cccc1n2)C(=O)O. The van der Waals surface area contributed by atoms with Crippen LogP contribution >= 0.6 is 11.3 Å². The lowest BCUT2D eigenvalue weighted by atomic mass is 9.93. The van der Waals surface area contributed by atoms with Gasteiger partial charge in [0.2, 0.25) is 5.88 Å². The molecule has 5 rings (SSSR count). The topological polar surface area (TPSA) is 122 Å². The zero-order valence-corrected chi connectivity index (χ0v) is 28.8. The number of alkyl halides is 3. The van der Waals surface area contributed by atoms with Crippen LogP contribution in [0.3, 0.4) is 0 Å². The Kier molecular flexibility index (Phi) is 10.5. The number of fused-ring (bicyclic) bond motifs is 6. The fraction of sp³-hybridized carbons (Fsp3) is 0.455. The predicted octanol–water partition coefficient (Wildman–Crippen LogP) is 7.53. The van der Waals surface area contributed by atoms with Gasteiger partial charge in [0.15, 0.2) is 21.1 Å². The summed E-state index contributed by atoms with van der Waals surface area (Å²) in [6.07, 6.45) is 1.54. The van der Waals surface area contributed by atoms with Crippen LogP contribution in [-0.2, 0) is 22.2 Å². The van der Waals surface area contributed by atoms with Crippen molar-refractivity contribution in [3.8, 4) is 22.1 Å². The third kappa shape index (κ3) is 8.17. The average Bonchev–Trinajstić information content (AvgIpc) is 3.67. The molecule has 1 aliphatic heterocycles. The molecule has 0 aliphatic carbocycles. The van der Waals surface area contributed by atoms with Crippen molar-refractivity contribution in [1.82, 2.24) is 19.7 Å². The number of benzene rings is 1. The molecule has 15 heteroatoms. The van der Waals surface area contributed by atoms with Gasteiger partial charge in [-0.3, -0.25) is 9.52 Å². The first-order valence-electron chi connectivity index (χ1n) is 15.6. The number of thiazole rings is 1. The molecule has 10 nitrogen and oxygen atoms in total. The lowest BCUT2D eigenvalue weighted by Crippen LogP contribution is -2.40. The summed E-state index contributed by atoms with van der Waals surface area (Å²) in [5.41, 5.74) is -0.590. The molecule has 0 radical (unpaired) electrons. The first-order chi connectivity index (χ1) is 22.6. The number of carboxylic acids is 1. The summed E-state index contributed by atoms with van der Waals surface area (Å²) in [6, 6.07) is 14.5. The standard InChI is InChI=1S/C33H39F3N6O4S2/c1-31(2,29(43)44)20-41-18-10-6-5-7-12-22-13-8-9-14-23(22)27-28(42-19-17-25(39-42)46-21-32(3,4)33(34,35)36)47-30(38-27)40-48(45)26-16-11-15-24(41)37-26/h8-9,11,13-17,19H,5-7,10,12,18,20-21H2,1-4H3,(H,38,40)(H,43,44). The number of halogens is 3. The van der Waals surface area contributed by atoms with E-state index in [4.69, 9.17) is 9.72 Å². The Balaban J connectivity index is 1.50. The van der Waals surface area contributed by atoms with Crippen molar-refractivity contribution in [1.29, 1.82) is 0 Å². The van der Waals surface area contributed by atoms with Crippen LogP contribution in [0.4, 0.5) is 24.1 Å². The molecule has 0 fully saturated rings. The van der Waals surface area contributed by atoms with Gasteiger partial charge in [0.05, 0.1) is 10.8 Å². The van der Waals surface area contributed by atoms with Crippen molar-refractivity contribution in [2.75, 3.05) is 29.3 Å². The Labute approximate surface area is 284 Å². The number of rotatable bonds is 7. The van der Waals surface area contributed by atoms with E-state index in [1.54, 1.807) is 38.2 Å². The molecule has 3 aromatic heterocycles.